The lowest BCUT2D eigenvalue weighted by atomic mass is 10.2. The second-order valence-electron chi connectivity index (χ2n) is 4.90. The van der Waals surface area contributed by atoms with Crippen LogP contribution in [0, 0.1) is 0 Å². The van der Waals surface area contributed by atoms with Crippen molar-refractivity contribution in [3.63, 3.8) is 0 Å². The molecule has 0 radical (unpaired) electrons. The van der Waals surface area contributed by atoms with Crippen molar-refractivity contribution >= 4 is 24.0 Å². The van der Waals surface area contributed by atoms with Crippen molar-refractivity contribution in [3.05, 3.63) is 29.8 Å². The first kappa shape index (κ1) is 20.0. The molecule has 1 aromatic carbocycles. The molecule has 3 amide bonds. The Morgan fingerprint density at radius 3 is 2.56 bits per heavy atom. The van der Waals surface area contributed by atoms with Gasteiger partial charge in [-0.05, 0) is 31.5 Å². The SMILES string of the molecule is C/C=C/c1ccc(OCC(=O)O[C@@H](C)C(=O)NC(=O)NC)c(OC)c1. The second kappa shape index (κ2) is 9.96. The molecule has 0 bridgehead atoms. The highest BCUT2D eigenvalue weighted by Gasteiger charge is 2.20. The first-order valence-corrected chi connectivity index (χ1v) is 7.56. The van der Waals surface area contributed by atoms with Gasteiger partial charge in [-0.2, -0.15) is 0 Å². The predicted octanol–water partition coefficient (Wildman–Crippen LogP) is 1.49. The Balaban J connectivity index is 2.58. The van der Waals surface area contributed by atoms with Gasteiger partial charge >= 0.3 is 12.0 Å². The number of rotatable bonds is 7. The molecule has 8 heteroatoms. The lowest BCUT2D eigenvalue weighted by Gasteiger charge is -2.14. The molecule has 8 nitrogen and oxygen atoms in total. The van der Waals surface area contributed by atoms with E-state index in [0.717, 1.165) is 5.56 Å². The summed E-state index contributed by atoms with van der Waals surface area (Å²) in [6.45, 7) is 2.84. The monoisotopic (exact) mass is 350 g/mol. The molecule has 0 aliphatic carbocycles. The van der Waals surface area contributed by atoms with Gasteiger partial charge in [-0.3, -0.25) is 10.1 Å². The average molecular weight is 350 g/mol. The van der Waals surface area contributed by atoms with E-state index in [0.29, 0.717) is 11.5 Å². The molecule has 0 saturated carbocycles. The van der Waals surface area contributed by atoms with Crippen LogP contribution >= 0.6 is 0 Å². The van der Waals surface area contributed by atoms with Crippen molar-refractivity contribution in [2.24, 2.45) is 0 Å². The van der Waals surface area contributed by atoms with Crippen molar-refractivity contribution < 1.29 is 28.6 Å². The zero-order valence-electron chi connectivity index (χ0n) is 14.6. The average Bonchev–Trinajstić information content (AvgIpc) is 2.60. The van der Waals surface area contributed by atoms with Crippen molar-refractivity contribution in [2.45, 2.75) is 20.0 Å². The molecule has 0 heterocycles. The molecule has 0 aromatic heterocycles. The van der Waals surface area contributed by atoms with Crippen LogP contribution in [0.25, 0.3) is 6.08 Å². The first-order valence-electron chi connectivity index (χ1n) is 7.56. The Hall–Kier alpha value is -3.03. The lowest BCUT2D eigenvalue weighted by Crippen LogP contribution is -2.43. The maximum Gasteiger partial charge on any atom is 0.344 e. The Bertz CT molecular complexity index is 657. The number of ether oxygens (including phenoxy) is 3. The number of hydrogen-bond donors (Lipinski definition) is 2. The topological polar surface area (TPSA) is 103 Å². The Kier molecular flexibility index (Phi) is 7.98. The molecule has 0 spiro atoms. The minimum atomic E-state index is -1.13. The van der Waals surface area contributed by atoms with Crippen molar-refractivity contribution in [3.8, 4) is 11.5 Å². The number of hydrogen-bond acceptors (Lipinski definition) is 6. The van der Waals surface area contributed by atoms with Gasteiger partial charge < -0.3 is 19.5 Å². The summed E-state index contributed by atoms with van der Waals surface area (Å²) in [6.07, 6.45) is 2.65. The number of urea groups is 1. The zero-order chi connectivity index (χ0) is 18.8. The van der Waals surface area contributed by atoms with Gasteiger partial charge in [0.25, 0.3) is 5.91 Å². The molecule has 1 rings (SSSR count). The fraction of sp³-hybridized carbons (Fsp3) is 0.353. The molecule has 0 aliphatic heterocycles. The largest absolute Gasteiger partial charge is 0.493 e. The summed E-state index contributed by atoms with van der Waals surface area (Å²) < 4.78 is 15.5. The third kappa shape index (κ3) is 6.54. The van der Waals surface area contributed by atoms with Gasteiger partial charge in [-0.25, -0.2) is 9.59 Å². The van der Waals surface area contributed by atoms with E-state index in [2.05, 4.69) is 5.32 Å². The van der Waals surface area contributed by atoms with Crippen LogP contribution < -0.4 is 20.1 Å². The summed E-state index contributed by atoms with van der Waals surface area (Å²) in [5.74, 6) is -0.649. The Morgan fingerprint density at radius 1 is 1.24 bits per heavy atom. The molecule has 1 aromatic rings. The number of carbonyl (C=O) groups excluding carboxylic acids is 3. The molecule has 136 valence electrons. The fourth-order valence-electron chi connectivity index (χ4n) is 1.80. The minimum absolute atomic E-state index is 0.371. The fourth-order valence-corrected chi connectivity index (χ4v) is 1.80. The van der Waals surface area contributed by atoms with Crippen molar-refractivity contribution in [1.82, 2.24) is 10.6 Å². The van der Waals surface area contributed by atoms with Crippen LogP contribution in [-0.4, -0.2) is 44.8 Å². The summed E-state index contributed by atoms with van der Waals surface area (Å²) in [4.78, 5) is 34.4. The molecule has 0 fully saturated rings. The van der Waals surface area contributed by atoms with E-state index in [1.54, 1.807) is 12.1 Å². The number of carbonyl (C=O) groups is 3. The van der Waals surface area contributed by atoms with Gasteiger partial charge in [0, 0.05) is 7.05 Å². The van der Waals surface area contributed by atoms with E-state index in [4.69, 9.17) is 14.2 Å². The number of methoxy groups -OCH3 is 1. The second-order valence-corrected chi connectivity index (χ2v) is 4.90. The minimum Gasteiger partial charge on any atom is -0.493 e. The van der Waals surface area contributed by atoms with Crippen LogP contribution in [-0.2, 0) is 14.3 Å². The highest BCUT2D eigenvalue weighted by Crippen LogP contribution is 2.28. The van der Waals surface area contributed by atoms with Gasteiger partial charge in [0.05, 0.1) is 7.11 Å². The molecule has 1 atom stereocenters. The lowest BCUT2D eigenvalue weighted by molar-refractivity contribution is -0.156. The number of benzene rings is 1. The Morgan fingerprint density at radius 2 is 1.96 bits per heavy atom. The third-order valence-electron chi connectivity index (χ3n) is 3.03. The van der Waals surface area contributed by atoms with Crippen LogP contribution in [0.15, 0.2) is 24.3 Å². The van der Waals surface area contributed by atoms with Crippen LogP contribution in [0.5, 0.6) is 11.5 Å². The van der Waals surface area contributed by atoms with E-state index >= 15 is 0 Å². The van der Waals surface area contributed by atoms with Crippen molar-refractivity contribution in [2.75, 3.05) is 20.8 Å². The van der Waals surface area contributed by atoms with Gasteiger partial charge in [0.15, 0.2) is 24.2 Å². The first-order chi connectivity index (χ1) is 11.9. The van der Waals surface area contributed by atoms with Crippen LogP contribution in [0.1, 0.15) is 19.4 Å². The standard InChI is InChI=1S/C17H22N2O6/c1-5-6-12-7-8-13(14(9-12)23-4)24-10-15(20)25-11(2)16(21)19-17(22)18-3/h5-9,11H,10H2,1-4H3,(H2,18,19,21,22)/b6-5+/t11-/m0/s1. The highest BCUT2D eigenvalue weighted by molar-refractivity contribution is 5.97. The van der Waals surface area contributed by atoms with E-state index < -0.39 is 30.6 Å². The number of allylic oxidation sites excluding steroid dienone is 1. The third-order valence-corrected chi connectivity index (χ3v) is 3.03. The summed E-state index contributed by atoms with van der Waals surface area (Å²) in [6, 6.07) is 4.56. The number of nitrogens with one attached hydrogen (secondary N) is 2. The molecule has 25 heavy (non-hydrogen) atoms. The quantitative estimate of drug-likeness (QED) is 0.722. The normalized spacial score (nSPS) is 11.5. The highest BCUT2D eigenvalue weighted by atomic mass is 16.6. The molecular formula is C17H22N2O6. The van der Waals surface area contributed by atoms with E-state index in [1.807, 2.05) is 30.5 Å². The van der Waals surface area contributed by atoms with Gasteiger partial charge in [0.2, 0.25) is 0 Å². The maximum absolute atomic E-state index is 11.8. The van der Waals surface area contributed by atoms with E-state index in [1.165, 1.54) is 21.1 Å². The Labute approximate surface area is 146 Å². The summed E-state index contributed by atoms with van der Waals surface area (Å²) in [7, 11) is 2.85. The molecular weight excluding hydrogens is 328 g/mol. The van der Waals surface area contributed by atoms with Gasteiger partial charge in [0.1, 0.15) is 0 Å². The number of imide groups is 1. The number of esters is 1. The van der Waals surface area contributed by atoms with Crippen LogP contribution in [0.3, 0.4) is 0 Å². The van der Waals surface area contributed by atoms with E-state index in [-0.39, 0.29) is 0 Å². The summed E-state index contributed by atoms with van der Waals surface area (Å²) in [5, 5.41) is 4.23. The molecule has 0 unspecified atom stereocenters. The summed E-state index contributed by atoms with van der Waals surface area (Å²) >= 11 is 0. The smallest absolute Gasteiger partial charge is 0.344 e. The van der Waals surface area contributed by atoms with Crippen molar-refractivity contribution in [1.29, 1.82) is 0 Å². The van der Waals surface area contributed by atoms with E-state index in [9.17, 15) is 14.4 Å². The number of amides is 3. The zero-order valence-corrected chi connectivity index (χ0v) is 14.6. The molecule has 2 N–H and O–H groups in total. The molecule has 0 saturated heterocycles. The summed E-state index contributed by atoms with van der Waals surface area (Å²) in [5.41, 5.74) is 0.925. The predicted molar refractivity (Wildman–Crippen MR) is 91.3 cm³/mol. The van der Waals surface area contributed by atoms with Gasteiger partial charge in [-0.1, -0.05) is 18.2 Å². The molecule has 0 aliphatic rings. The van der Waals surface area contributed by atoms with Crippen LogP contribution in [0.2, 0.25) is 0 Å². The van der Waals surface area contributed by atoms with Crippen LogP contribution in [0.4, 0.5) is 4.79 Å². The van der Waals surface area contributed by atoms with Gasteiger partial charge in [-0.15, -0.1) is 0 Å². The maximum atomic E-state index is 11.8.